The number of likely N-dealkylation sites (tertiary alicyclic amines) is 1. The quantitative estimate of drug-likeness (QED) is 0.858. The number of nitrogens with one attached hydrogen (secondary N) is 1. The molecule has 3 aliphatic rings. The summed E-state index contributed by atoms with van der Waals surface area (Å²) in [5.41, 5.74) is 0.689. The van der Waals surface area contributed by atoms with Crippen LogP contribution in [-0.4, -0.2) is 35.9 Å². The number of carbonyl (C=O) groups is 2. The lowest BCUT2D eigenvalue weighted by molar-refractivity contribution is -0.142. The lowest BCUT2D eigenvalue weighted by Gasteiger charge is -2.31. The average molecular weight is 388 g/mol. The molecular weight excluding hydrogens is 359 g/mol. The number of hydrogen-bond acceptors (Lipinski definition) is 3. The maximum atomic E-state index is 13.8. The minimum absolute atomic E-state index is 0.0725. The Morgan fingerprint density at radius 3 is 2.68 bits per heavy atom. The fourth-order valence-corrected chi connectivity index (χ4v) is 4.85. The summed E-state index contributed by atoms with van der Waals surface area (Å²) >= 11 is 0. The van der Waals surface area contributed by atoms with Gasteiger partial charge in [0.2, 0.25) is 11.8 Å². The fourth-order valence-electron chi connectivity index (χ4n) is 4.85. The average Bonchev–Trinajstić information content (AvgIpc) is 3.13. The summed E-state index contributed by atoms with van der Waals surface area (Å²) in [6, 6.07) is 3.77. The zero-order chi connectivity index (χ0) is 19.5. The number of rotatable bonds is 3. The zero-order valence-corrected chi connectivity index (χ0v) is 16.3. The maximum Gasteiger partial charge on any atom is 0.243 e. The molecule has 0 spiro atoms. The molecule has 2 heterocycles. The van der Waals surface area contributed by atoms with Crippen molar-refractivity contribution in [1.29, 1.82) is 0 Å². The fraction of sp³-hybridized carbons (Fsp3) is 0.636. The highest BCUT2D eigenvalue weighted by Gasteiger charge is 2.38. The molecule has 2 aliphatic heterocycles. The van der Waals surface area contributed by atoms with E-state index in [0.29, 0.717) is 37.3 Å². The molecule has 5 nitrogen and oxygen atoms in total. The first-order chi connectivity index (χ1) is 13.6. The van der Waals surface area contributed by atoms with Gasteiger partial charge in [0.15, 0.2) is 0 Å². The molecule has 0 unspecified atom stereocenters. The molecule has 1 aliphatic carbocycles. The molecule has 1 N–H and O–H groups in total. The summed E-state index contributed by atoms with van der Waals surface area (Å²) in [7, 11) is 0. The van der Waals surface area contributed by atoms with Gasteiger partial charge in [0.1, 0.15) is 17.6 Å². The summed E-state index contributed by atoms with van der Waals surface area (Å²) in [6.07, 6.45) is 8.33. The van der Waals surface area contributed by atoms with Gasteiger partial charge < -0.3 is 15.0 Å². The summed E-state index contributed by atoms with van der Waals surface area (Å²) in [6.45, 7) is 1.22. The summed E-state index contributed by atoms with van der Waals surface area (Å²) in [5, 5.41) is 3.09. The Balaban J connectivity index is 1.47. The molecule has 0 radical (unpaired) electrons. The molecule has 1 saturated heterocycles. The smallest absolute Gasteiger partial charge is 0.243 e. The molecular formula is C22H29FN2O3. The van der Waals surface area contributed by atoms with Crippen LogP contribution in [0.1, 0.15) is 69.4 Å². The largest absolute Gasteiger partial charge is 0.493 e. The normalized spacial score (nSPS) is 25.5. The minimum Gasteiger partial charge on any atom is -0.493 e. The van der Waals surface area contributed by atoms with Crippen molar-refractivity contribution in [2.75, 3.05) is 13.2 Å². The molecule has 6 heteroatoms. The van der Waals surface area contributed by atoms with Gasteiger partial charge >= 0.3 is 0 Å². The van der Waals surface area contributed by atoms with Crippen LogP contribution in [0.25, 0.3) is 0 Å². The van der Waals surface area contributed by atoms with E-state index in [-0.39, 0.29) is 29.6 Å². The Morgan fingerprint density at radius 1 is 1.04 bits per heavy atom. The van der Waals surface area contributed by atoms with Gasteiger partial charge in [-0.05, 0) is 56.7 Å². The van der Waals surface area contributed by atoms with E-state index in [1.807, 2.05) is 0 Å². The highest BCUT2D eigenvalue weighted by atomic mass is 19.1. The first-order valence-electron chi connectivity index (χ1n) is 10.7. The number of amides is 2. The van der Waals surface area contributed by atoms with E-state index in [2.05, 4.69) is 5.32 Å². The highest BCUT2D eigenvalue weighted by Crippen LogP contribution is 2.33. The Labute approximate surface area is 165 Å². The van der Waals surface area contributed by atoms with Crippen molar-refractivity contribution >= 4 is 11.8 Å². The predicted octanol–water partition coefficient (Wildman–Crippen LogP) is 3.73. The molecule has 2 atom stereocenters. The van der Waals surface area contributed by atoms with Crippen molar-refractivity contribution in [3.8, 4) is 5.75 Å². The van der Waals surface area contributed by atoms with Gasteiger partial charge in [-0.25, -0.2) is 4.39 Å². The predicted molar refractivity (Wildman–Crippen MR) is 103 cm³/mol. The number of hydrogen-bond donors (Lipinski definition) is 1. The van der Waals surface area contributed by atoms with Crippen molar-refractivity contribution in [3.63, 3.8) is 0 Å². The molecule has 1 aromatic carbocycles. The third-order valence-electron chi connectivity index (χ3n) is 6.35. The van der Waals surface area contributed by atoms with Gasteiger partial charge in [0, 0.05) is 18.0 Å². The molecule has 2 fully saturated rings. The Hall–Kier alpha value is -2.11. The SMILES string of the molecule is O=C(N[C@H]1CCCOc2ccc(F)cc21)[C@@H]1CCCN1C(=O)C1CCCCC1. The van der Waals surface area contributed by atoms with Gasteiger partial charge in [0.05, 0.1) is 12.6 Å². The van der Waals surface area contributed by atoms with Crippen LogP contribution in [0.4, 0.5) is 4.39 Å². The topological polar surface area (TPSA) is 58.6 Å². The monoisotopic (exact) mass is 388 g/mol. The van der Waals surface area contributed by atoms with Crippen molar-refractivity contribution < 1.29 is 18.7 Å². The van der Waals surface area contributed by atoms with Crippen LogP contribution < -0.4 is 10.1 Å². The number of halogens is 1. The van der Waals surface area contributed by atoms with E-state index in [9.17, 15) is 14.0 Å². The summed E-state index contributed by atoms with van der Waals surface area (Å²) in [4.78, 5) is 27.9. The van der Waals surface area contributed by atoms with Crippen molar-refractivity contribution in [3.05, 3.63) is 29.6 Å². The molecule has 152 valence electrons. The minimum atomic E-state index is -0.407. The number of ether oxygens (including phenoxy) is 1. The van der Waals surface area contributed by atoms with Gasteiger partial charge in [0.25, 0.3) is 0 Å². The van der Waals surface area contributed by atoms with E-state index in [0.717, 1.165) is 38.5 Å². The molecule has 2 amide bonds. The molecule has 1 saturated carbocycles. The second kappa shape index (κ2) is 8.50. The Bertz CT molecular complexity index is 732. The van der Waals surface area contributed by atoms with E-state index >= 15 is 0 Å². The molecule has 0 bridgehead atoms. The Kier molecular flexibility index (Phi) is 5.83. The number of fused-ring (bicyclic) bond motifs is 1. The van der Waals surface area contributed by atoms with Gasteiger partial charge in [-0.2, -0.15) is 0 Å². The van der Waals surface area contributed by atoms with Gasteiger partial charge in [-0.1, -0.05) is 19.3 Å². The molecule has 4 rings (SSSR count). The molecule has 28 heavy (non-hydrogen) atoms. The lowest BCUT2D eigenvalue weighted by Crippen LogP contribution is -2.48. The second-order valence-electron chi connectivity index (χ2n) is 8.26. The van der Waals surface area contributed by atoms with E-state index in [1.165, 1.54) is 18.6 Å². The van der Waals surface area contributed by atoms with Crippen molar-refractivity contribution in [2.24, 2.45) is 5.92 Å². The van der Waals surface area contributed by atoms with Gasteiger partial charge in [-0.15, -0.1) is 0 Å². The van der Waals surface area contributed by atoms with Crippen LogP contribution in [0, 0.1) is 11.7 Å². The van der Waals surface area contributed by atoms with E-state index < -0.39 is 6.04 Å². The number of carbonyl (C=O) groups excluding carboxylic acids is 2. The molecule has 0 aromatic heterocycles. The van der Waals surface area contributed by atoms with Crippen molar-refractivity contribution in [1.82, 2.24) is 10.2 Å². The van der Waals surface area contributed by atoms with Crippen LogP contribution in [0.15, 0.2) is 18.2 Å². The lowest BCUT2D eigenvalue weighted by atomic mass is 9.88. The number of nitrogens with zero attached hydrogens (tertiary/aromatic N) is 1. The summed E-state index contributed by atoms with van der Waals surface area (Å²) in [5.74, 6) is 0.393. The third kappa shape index (κ3) is 4.01. The second-order valence-corrected chi connectivity index (χ2v) is 8.26. The van der Waals surface area contributed by atoms with Crippen LogP contribution in [0.5, 0.6) is 5.75 Å². The highest BCUT2D eigenvalue weighted by molar-refractivity contribution is 5.89. The van der Waals surface area contributed by atoms with Crippen LogP contribution in [0.3, 0.4) is 0 Å². The molecule has 1 aromatic rings. The van der Waals surface area contributed by atoms with E-state index in [4.69, 9.17) is 4.74 Å². The summed E-state index contributed by atoms with van der Waals surface area (Å²) < 4.78 is 19.5. The van der Waals surface area contributed by atoms with E-state index in [1.54, 1.807) is 11.0 Å². The first-order valence-corrected chi connectivity index (χ1v) is 10.7. The number of benzene rings is 1. The third-order valence-corrected chi connectivity index (χ3v) is 6.35. The van der Waals surface area contributed by atoms with Crippen LogP contribution in [0.2, 0.25) is 0 Å². The zero-order valence-electron chi connectivity index (χ0n) is 16.3. The maximum absolute atomic E-state index is 13.8. The van der Waals surface area contributed by atoms with Gasteiger partial charge in [-0.3, -0.25) is 9.59 Å². The van der Waals surface area contributed by atoms with Crippen molar-refractivity contribution in [2.45, 2.75) is 69.9 Å². The van der Waals surface area contributed by atoms with Crippen LogP contribution in [-0.2, 0) is 9.59 Å². The first kappa shape index (κ1) is 19.2. The Morgan fingerprint density at radius 2 is 1.86 bits per heavy atom. The standard InChI is InChI=1S/C22H29FN2O3/c23-16-10-11-20-17(14-16)18(8-5-13-28-20)24-21(26)19-9-4-12-25(19)22(27)15-6-2-1-3-7-15/h10-11,14-15,18-19H,1-9,12-13H2,(H,24,26)/t18-,19-/m0/s1. The van der Waals surface area contributed by atoms with Crippen LogP contribution >= 0.6 is 0 Å².